The molecule has 1 fully saturated rings. The van der Waals surface area contributed by atoms with Crippen LogP contribution in [-0.4, -0.2) is 28.1 Å². The average Bonchev–Trinajstić information content (AvgIpc) is 2.62. The second-order valence-corrected chi connectivity index (χ2v) is 8.56. The summed E-state index contributed by atoms with van der Waals surface area (Å²) < 4.78 is 5.65. The number of piperidine rings is 1. The minimum Gasteiger partial charge on any atom is -0.444 e. The Morgan fingerprint density at radius 2 is 1.92 bits per heavy atom. The van der Waals surface area contributed by atoms with Crippen molar-refractivity contribution in [3.05, 3.63) is 54.2 Å². The van der Waals surface area contributed by atoms with Crippen molar-refractivity contribution in [1.82, 2.24) is 9.88 Å². The smallest absolute Gasteiger partial charge is 0.410 e. The maximum Gasteiger partial charge on any atom is 0.410 e. The summed E-state index contributed by atoms with van der Waals surface area (Å²) in [6, 6.07) is 14.3. The van der Waals surface area contributed by atoms with Crippen LogP contribution in [0.4, 0.5) is 4.79 Å². The normalized spacial score (nSPS) is 17.8. The van der Waals surface area contributed by atoms with E-state index < -0.39 is 5.60 Å². The highest BCUT2D eigenvalue weighted by Gasteiger charge is 2.33. The van der Waals surface area contributed by atoms with Gasteiger partial charge < -0.3 is 9.64 Å². The second kappa shape index (κ2) is 8.12. The predicted octanol–water partition coefficient (Wildman–Crippen LogP) is 5.69. The predicted molar refractivity (Wildman–Crippen MR) is 104 cm³/mol. The first-order valence-corrected chi connectivity index (χ1v) is 9.93. The van der Waals surface area contributed by atoms with E-state index in [0.717, 1.165) is 41.3 Å². The molecule has 0 spiro atoms. The SMILES string of the molecule is CC(C)(C)OC(=O)N1CCCCC1c1cccnc1Sc1ccccc1. The molecule has 4 nitrogen and oxygen atoms in total. The van der Waals surface area contributed by atoms with Crippen molar-refractivity contribution in [2.45, 2.75) is 61.6 Å². The number of ether oxygens (including phenoxy) is 1. The van der Waals surface area contributed by atoms with Gasteiger partial charge in [0.05, 0.1) is 6.04 Å². The Kier molecular flexibility index (Phi) is 5.87. The molecule has 1 saturated heterocycles. The highest BCUT2D eigenvalue weighted by molar-refractivity contribution is 7.99. The van der Waals surface area contributed by atoms with Gasteiger partial charge in [-0.2, -0.15) is 0 Å². The number of nitrogens with zero attached hydrogens (tertiary/aromatic N) is 2. The fourth-order valence-electron chi connectivity index (χ4n) is 3.14. The van der Waals surface area contributed by atoms with Gasteiger partial charge in [-0.3, -0.25) is 0 Å². The number of rotatable bonds is 3. The van der Waals surface area contributed by atoms with Gasteiger partial charge in [-0.25, -0.2) is 9.78 Å². The largest absolute Gasteiger partial charge is 0.444 e. The third kappa shape index (κ3) is 4.79. The van der Waals surface area contributed by atoms with E-state index in [-0.39, 0.29) is 12.1 Å². The summed E-state index contributed by atoms with van der Waals surface area (Å²) in [5, 5.41) is 0.958. The number of carbonyl (C=O) groups is 1. The van der Waals surface area contributed by atoms with E-state index >= 15 is 0 Å². The van der Waals surface area contributed by atoms with Gasteiger partial charge in [0, 0.05) is 23.2 Å². The molecule has 1 amide bonds. The quantitative estimate of drug-likeness (QED) is 0.695. The standard InChI is InChI=1S/C21H26N2O2S/c1-21(2,3)25-20(24)23-15-8-7-13-18(23)17-12-9-14-22-19(17)26-16-10-5-4-6-11-16/h4-6,9-12,14,18H,7-8,13,15H2,1-3H3. The Morgan fingerprint density at radius 3 is 2.65 bits per heavy atom. The summed E-state index contributed by atoms with van der Waals surface area (Å²) >= 11 is 1.64. The first kappa shape index (κ1) is 18.8. The number of hydrogen-bond donors (Lipinski definition) is 0. The zero-order valence-corrected chi connectivity index (χ0v) is 16.5. The summed E-state index contributed by atoms with van der Waals surface area (Å²) in [5.74, 6) is 0. The van der Waals surface area contributed by atoms with Crippen LogP contribution in [0.2, 0.25) is 0 Å². The van der Waals surface area contributed by atoms with Gasteiger partial charge in [0.15, 0.2) is 0 Å². The molecule has 0 N–H and O–H groups in total. The van der Waals surface area contributed by atoms with E-state index in [1.165, 1.54) is 0 Å². The van der Waals surface area contributed by atoms with E-state index in [1.807, 2.05) is 56.1 Å². The summed E-state index contributed by atoms with van der Waals surface area (Å²) in [4.78, 5) is 20.4. The molecule has 1 atom stereocenters. The van der Waals surface area contributed by atoms with Crippen LogP contribution in [0.25, 0.3) is 0 Å². The summed E-state index contributed by atoms with van der Waals surface area (Å²) in [6.45, 7) is 6.45. The fourth-order valence-corrected chi connectivity index (χ4v) is 4.09. The maximum atomic E-state index is 12.7. The Bertz CT molecular complexity index is 743. The average molecular weight is 371 g/mol. The number of aromatic nitrogens is 1. The van der Waals surface area contributed by atoms with E-state index in [1.54, 1.807) is 11.8 Å². The van der Waals surface area contributed by atoms with Crippen molar-refractivity contribution >= 4 is 17.9 Å². The van der Waals surface area contributed by atoms with Crippen LogP contribution in [0.1, 0.15) is 51.6 Å². The summed E-state index contributed by atoms with van der Waals surface area (Å²) in [6.07, 6.45) is 4.63. The third-order valence-electron chi connectivity index (χ3n) is 4.25. The van der Waals surface area contributed by atoms with Gasteiger partial charge in [0.25, 0.3) is 0 Å². The molecule has 5 heteroatoms. The van der Waals surface area contributed by atoms with Crippen LogP contribution in [0.3, 0.4) is 0 Å². The highest BCUT2D eigenvalue weighted by atomic mass is 32.2. The zero-order valence-electron chi connectivity index (χ0n) is 15.6. The molecule has 1 aromatic heterocycles. The minimum atomic E-state index is -0.490. The molecule has 2 heterocycles. The molecule has 0 aliphatic carbocycles. The van der Waals surface area contributed by atoms with Crippen LogP contribution in [-0.2, 0) is 4.74 Å². The maximum absolute atomic E-state index is 12.7. The monoisotopic (exact) mass is 370 g/mol. The van der Waals surface area contributed by atoms with Gasteiger partial charge in [0.1, 0.15) is 10.6 Å². The van der Waals surface area contributed by atoms with Gasteiger partial charge in [-0.1, -0.05) is 36.0 Å². The van der Waals surface area contributed by atoms with E-state index in [9.17, 15) is 4.79 Å². The lowest BCUT2D eigenvalue weighted by Crippen LogP contribution is -2.42. The van der Waals surface area contributed by atoms with Crippen molar-refractivity contribution < 1.29 is 9.53 Å². The van der Waals surface area contributed by atoms with Gasteiger partial charge in [0.2, 0.25) is 0 Å². The van der Waals surface area contributed by atoms with Crippen molar-refractivity contribution in [1.29, 1.82) is 0 Å². The van der Waals surface area contributed by atoms with E-state index in [4.69, 9.17) is 4.74 Å². The Hall–Kier alpha value is -2.01. The van der Waals surface area contributed by atoms with E-state index in [0.29, 0.717) is 0 Å². The van der Waals surface area contributed by atoms with E-state index in [2.05, 4.69) is 23.2 Å². The molecule has 0 radical (unpaired) electrons. The van der Waals surface area contributed by atoms with Crippen molar-refractivity contribution in [3.63, 3.8) is 0 Å². The Balaban J connectivity index is 1.87. The summed E-state index contributed by atoms with van der Waals surface area (Å²) in [7, 11) is 0. The Labute approximate surface area is 160 Å². The third-order valence-corrected chi connectivity index (χ3v) is 5.29. The molecule has 1 aromatic carbocycles. The van der Waals surface area contributed by atoms with Crippen LogP contribution in [0.5, 0.6) is 0 Å². The number of benzene rings is 1. The van der Waals surface area contributed by atoms with Gasteiger partial charge >= 0.3 is 6.09 Å². The molecule has 0 bridgehead atoms. The van der Waals surface area contributed by atoms with Gasteiger partial charge in [-0.15, -0.1) is 0 Å². The molecule has 138 valence electrons. The first-order valence-electron chi connectivity index (χ1n) is 9.11. The van der Waals surface area contributed by atoms with Crippen molar-refractivity contribution in [2.24, 2.45) is 0 Å². The number of carbonyl (C=O) groups excluding carboxylic acids is 1. The zero-order chi connectivity index (χ0) is 18.6. The number of likely N-dealkylation sites (tertiary alicyclic amines) is 1. The second-order valence-electron chi connectivity index (χ2n) is 7.50. The fraction of sp³-hybridized carbons (Fsp3) is 0.429. The highest BCUT2D eigenvalue weighted by Crippen LogP contribution is 2.38. The molecule has 1 aliphatic heterocycles. The molecule has 1 aliphatic rings. The molecule has 3 rings (SSSR count). The van der Waals surface area contributed by atoms with Crippen molar-refractivity contribution in [3.8, 4) is 0 Å². The molecule has 2 aromatic rings. The molecule has 26 heavy (non-hydrogen) atoms. The lowest BCUT2D eigenvalue weighted by atomic mass is 9.97. The number of amides is 1. The summed E-state index contributed by atoms with van der Waals surface area (Å²) in [5.41, 5.74) is 0.613. The molecule has 1 unspecified atom stereocenters. The van der Waals surface area contributed by atoms with Crippen molar-refractivity contribution in [2.75, 3.05) is 6.54 Å². The van der Waals surface area contributed by atoms with Crippen LogP contribution in [0, 0.1) is 0 Å². The van der Waals surface area contributed by atoms with Crippen LogP contribution in [0.15, 0.2) is 58.6 Å². The molecule has 0 saturated carbocycles. The lowest BCUT2D eigenvalue weighted by Gasteiger charge is -2.37. The Morgan fingerprint density at radius 1 is 1.15 bits per heavy atom. The molecular formula is C21H26N2O2S. The van der Waals surface area contributed by atoms with Crippen LogP contribution >= 0.6 is 11.8 Å². The minimum absolute atomic E-state index is 0.0125. The number of pyridine rings is 1. The first-order chi connectivity index (χ1) is 12.4. The topological polar surface area (TPSA) is 42.4 Å². The number of hydrogen-bond acceptors (Lipinski definition) is 4. The van der Waals surface area contributed by atoms with Gasteiger partial charge in [-0.05, 0) is 58.2 Å². The molecular weight excluding hydrogens is 344 g/mol. The lowest BCUT2D eigenvalue weighted by molar-refractivity contribution is 0.00915. The van der Waals surface area contributed by atoms with Crippen LogP contribution < -0.4 is 0 Å².